The summed E-state index contributed by atoms with van der Waals surface area (Å²) in [5.74, 6) is 1.40. The van der Waals surface area contributed by atoms with Crippen LogP contribution < -0.4 is 15.9 Å². The first-order chi connectivity index (χ1) is 12.2. The molecule has 0 aliphatic carbocycles. The number of imidazole rings is 1. The van der Waals surface area contributed by atoms with Crippen LogP contribution >= 0.6 is 0 Å². The van der Waals surface area contributed by atoms with Gasteiger partial charge in [0.2, 0.25) is 11.8 Å². The van der Waals surface area contributed by atoms with E-state index in [0.29, 0.717) is 17.6 Å². The van der Waals surface area contributed by atoms with Crippen LogP contribution in [0.5, 0.6) is 5.88 Å². The lowest BCUT2D eigenvalue weighted by molar-refractivity contribution is 0.0699. The zero-order valence-electron chi connectivity index (χ0n) is 14.1. The minimum atomic E-state index is 0.147. The normalized spacial score (nSPS) is 17.6. The zero-order chi connectivity index (χ0) is 17.2. The molecule has 1 saturated heterocycles. The highest BCUT2D eigenvalue weighted by atomic mass is 16.5. The van der Waals surface area contributed by atoms with E-state index in [-0.39, 0.29) is 5.88 Å². The molecule has 0 bridgehead atoms. The Balaban J connectivity index is 1.55. The lowest BCUT2D eigenvalue weighted by Crippen LogP contribution is -2.23. The van der Waals surface area contributed by atoms with Crippen LogP contribution in [0.4, 0.5) is 5.95 Å². The van der Waals surface area contributed by atoms with Gasteiger partial charge in [0, 0.05) is 32.4 Å². The fourth-order valence-electron chi connectivity index (χ4n) is 3.12. The third kappa shape index (κ3) is 3.28. The molecule has 0 radical (unpaired) electrons. The van der Waals surface area contributed by atoms with Gasteiger partial charge in [0.05, 0.1) is 11.6 Å². The van der Waals surface area contributed by atoms with Crippen LogP contribution in [0.1, 0.15) is 24.1 Å². The van der Waals surface area contributed by atoms with E-state index in [1.54, 1.807) is 17.8 Å². The highest BCUT2D eigenvalue weighted by molar-refractivity contribution is 5.80. The molecule has 0 atom stereocenters. The number of aromatic hydroxyl groups is 1. The highest BCUT2D eigenvalue weighted by Crippen LogP contribution is 2.22. The second-order valence-corrected chi connectivity index (χ2v) is 6.45. The monoisotopic (exact) mass is 339 g/mol. The van der Waals surface area contributed by atoms with Gasteiger partial charge in [0.25, 0.3) is 0 Å². The highest BCUT2D eigenvalue weighted by Gasteiger charge is 2.16. The van der Waals surface area contributed by atoms with Crippen molar-refractivity contribution in [1.82, 2.24) is 9.55 Å². The van der Waals surface area contributed by atoms with Crippen molar-refractivity contribution in [3.63, 3.8) is 0 Å². The molecule has 2 aromatic rings. The summed E-state index contributed by atoms with van der Waals surface area (Å²) in [6.07, 6.45) is 5.71. The first-order valence-corrected chi connectivity index (χ1v) is 8.51. The van der Waals surface area contributed by atoms with Gasteiger partial charge in [-0.15, -0.1) is 0 Å². The zero-order valence-corrected chi connectivity index (χ0v) is 14.1. The van der Waals surface area contributed by atoms with E-state index in [4.69, 9.17) is 4.74 Å². The molecule has 7 nitrogen and oxygen atoms in total. The maximum atomic E-state index is 10.4. The lowest BCUT2D eigenvalue weighted by atomic mass is 10.0. The Morgan fingerprint density at radius 1 is 1.36 bits per heavy atom. The molecule has 0 spiro atoms. The number of fused-ring (bicyclic) bond motifs is 1. The Labute approximate surface area is 145 Å². The predicted molar refractivity (Wildman–Crippen MR) is 95.3 cm³/mol. The van der Waals surface area contributed by atoms with Gasteiger partial charge in [0.1, 0.15) is 5.69 Å². The number of benzene rings is 1. The maximum absolute atomic E-state index is 10.4. The van der Waals surface area contributed by atoms with Crippen LogP contribution in [-0.2, 0) is 11.8 Å². The summed E-state index contributed by atoms with van der Waals surface area (Å²) in [5.41, 5.74) is 1.52. The van der Waals surface area contributed by atoms with Crippen LogP contribution in [-0.4, -0.2) is 40.6 Å². The van der Waals surface area contributed by atoms with Crippen molar-refractivity contribution in [2.45, 2.75) is 12.8 Å². The SMILES string of the molecule is Cn1c(NCC2CCOCC2)nc(C=c2ccc3c(c2)C=NN=3)c1O. The second-order valence-electron chi connectivity index (χ2n) is 6.45. The Kier molecular flexibility index (Phi) is 4.23. The number of aromatic nitrogens is 2. The van der Waals surface area contributed by atoms with Crippen LogP contribution in [0.2, 0.25) is 0 Å². The quantitative estimate of drug-likeness (QED) is 0.861. The average molecular weight is 339 g/mol. The number of ether oxygens (including phenoxy) is 1. The van der Waals surface area contributed by atoms with E-state index < -0.39 is 0 Å². The third-order valence-electron chi connectivity index (χ3n) is 4.70. The summed E-state index contributed by atoms with van der Waals surface area (Å²) < 4.78 is 7.06. The standard InChI is InChI=1S/C18H21N5O2/c1-23-17(24)16(9-13-2-3-15-14(8-13)11-20-22-15)21-18(23)19-10-12-4-6-25-7-5-12/h2-3,8-9,11-12,24H,4-7,10H2,1H3,(H,19,21). The average Bonchev–Trinajstić information content (AvgIpc) is 3.21. The summed E-state index contributed by atoms with van der Waals surface area (Å²) in [6, 6.07) is 5.84. The Morgan fingerprint density at radius 3 is 3.04 bits per heavy atom. The van der Waals surface area contributed by atoms with E-state index in [2.05, 4.69) is 20.5 Å². The summed E-state index contributed by atoms with van der Waals surface area (Å²) in [5, 5.41) is 23.5. The summed E-state index contributed by atoms with van der Waals surface area (Å²) in [6.45, 7) is 2.49. The molecule has 2 aliphatic heterocycles. The predicted octanol–water partition coefficient (Wildman–Crippen LogP) is 0.760. The molecule has 0 amide bonds. The van der Waals surface area contributed by atoms with E-state index in [1.807, 2.05) is 24.3 Å². The van der Waals surface area contributed by atoms with Crippen molar-refractivity contribution < 1.29 is 9.84 Å². The van der Waals surface area contributed by atoms with Crippen molar-refractivity contribution >= 4 is 18.2 Å². The van der Waals surface area contributed by atoms with E-state index in [0.717, 1.165) is 48.7 Å². The summed E-state index contributed by atoms with van der Waals surface area (Å²) >= 11 is 0. The molecule has 0 saturated carbocycles. The van der Waals surface area contributed by atoms with Crippen LogP contribution in [0.15, 0.2) is 28.4 Å². The van der Waals surface area contributed by atoms with Crippen LogP contribution in [0.3, 0.4) is 0 Å². The van der Waals surface area contributed by atoms with Crippen molar-refractivity contribution in [2.75, 3.05) is 25.1 Å². The van der Waals surface area contributed by atoms with Gasteiger partial charge < -0.3 is 15.2 Å². The number of anilines is 1. The molecule has 3 heterocycles. The number of nitrogens with zero attached hydrogens (tertiary/aromatic N) is 4. The number of hydrogen-bond donors (Lipinski definition) is 2. The molecule has 0 unspecified atom stereocenters. The minimum absolute atomic E-state index is 0.147. The molecule has 130 valence electrons. The van der Waals surface area contributed by atoms with Crippen molar-refractivity contribution in [3.05, 3.63) is 40.0 Å². The molecule has 2 N–H and O–H groups in total. The van der Waals surface area contributed by atoms with Gasteiger partial charge in [-0.25, -0.2) is 4.98 Å². The lowest BCUT2D eigenvalue weighted by Gasteiger charge is -2.22. The first kappa shape index (κ1) is 15.8. The van der Waals surface area contributed by atoms with Crippen LogP contribution in [0.25, 0.3) is 6.08 Å². The minimum Gasteiger partial charge on any atom is -0.493 e. The van der Waals surface area contributed by atoms with E-state index in [9.17, 15) is 5.11 Å². The molecule has 1 aromatic heterocycles. The molecule has 1 fully saturated rings. The molecule has 2 aliphatic rings. The molecule has 1 aromatic carbocycles. The van der Waals surface area contributed by atoms with Gasteiger partial charge in [-0.1, -0.05) is 6.07 Å². The Morgan fingerprint density at radius 2 is 2.20 bits per heavy atom. The Bertz CT molecular complexity index is 926. The van der Waals surface area contributed by atoms with Gasteiger partial charge in [-0.2, -0.15) is 10.2 Å². The molecule has 4 rings (SSSR count). The third-order valence-corrected chi connectivity index (χ3v) is 4.70. The fourth-order valence-corrected chi connectivity index (χ4v) is 3.12. The fraction of sp³-hybridized carbons (Fsp3) is 0.389. The van der Waals surface area contributed by atoms with Crippen molar-refractivity contribution in [1.29, 1.82) is 0 Å². The van der Waals surface area contributed by atoms with Crippen molar-refractivity contribution in [2.24, 2.45) is 23.2 Å². The topological polar surface area (TPSA) is 84.0 Å². The molecular formula is C18H21N5O2. The van der Waals surface area contributed by atoms with Gasteiger partial charge in [-0.05, 0) is 42.2 Å². The van der Waals surface area contributed by atoms with Gasteiger partial charge in [-0.3, -0.25) is 4.57 Å². The molecular weight excluding hydrogens is 318 g/mol. The number of nitrogens with one attached hydrogen (secondary N) is 1. The summed E-state index contributed by atoms with van der Waals surface area (Å²) in [4.78, 5) is 4.54. The Hall–Kier alpha value is -2.67. The smallest absolute Gasteiger partial charge is 0.220 e. The van der Waals surface area contributed by atoms with E-state index in [1.165, 1.54) is 0 Å². The second kappa shape index (κ2) is 6.68. The number of rotatable bonds is 4. The van der Waals surface area contributed by atoms with E-state index >= 15 is 0 Å². The maximum Gasteiger partial charge on any atom is 0.220 e. The number of hydrogen-bond acceptors (Lipinski definition) is 6. The molecule has 25 heavy (non-hydrogen) atoms. The van der Waals surface area contributed by atoms with Gasteiger partial charge in [0.15, 0.2) is 0 Å². The van der Waals surface area contributed by atoms with Crippen LogP contribution in [0, 0.1) is 5.92 Å². The van der Waals surface area contributed by atoms with Gasteiger partial charge >= 0.3 is 0 Å². The van der Waals surface area contributed by atoms with Crippen molar-refractivity contribution in [3.8, 4) is 5.88 Å². The molecule has 7 heteroatoms. The summed E-state index contributed by atoms with van der Waals surface area (Å²) in [7, 11) is 1.81. The largest absolute Gasteiger partial charge is 0.493 e. The first-order valence-electron chi connectivity index (χ1n) is 8.51.